The number of hydrogen-bond donors (Lipinski definition) is 1. The Morgan fingerprint density at radius 1 is 0.732 bits per heavy atom. The largest absolute Gasteiger partial charge is 0.465 e. The summed E-state index contributed by atoms with van der Waals surface area (Å²) in [4.78, 5) is 43.2. The number of rotatable bonds is 9. The molecule has 0 unspecified atom stereocenters. The molecule has 4 aliphatic rings. The van der Waals surface area contributed by atoms with E-state index in [1.54, 1.807) is 36.4 Å². The first-order valence-corrected chi connectivity index (χ1v) is 13.6. The third-order valence-electron chi connectivity index (χ3n) is 6.57. The van der Waals surface area contributed by atoms with E-state index in [-0.39, 0.29) is 41.3 Å². The fourth-order valence-electron chi connectivity index (χ4n) is 4.40. The van der Waals surface area contributed by atoms with Crippen LogP contribution in [0.1, 0.15) is 81.9 Å². The first-order chi connectivity index (χ1) is 19.9. The van der Waals surface area contributed by atoms with E-state index in [0.29, 0.717) is 40.8 Å². The summed E-state index contributed by atoms with van der Waals surface area (Å²) in [5, 5.41) is 0. The lowest BCUT2D eigenvalue weighted by Gasteiger charge is -2.05. The first-order valence-electron chi connectivity index (χ1n) is 13.6. The van der Waals surface area contributed by atoms with E-state index in [9.17, 15) is 14.4 Å². The molecule has 0 fully saturated rings. The minimum Gasteiger partial charge on any atom is -0.465 e. The summed E-state index contributed by atoms with van der Waals surface area (Å²) in [6, 6.07) is 15.9. The molecule has 0 atom stereocenters. The molecule has 0 aromatic carbocycles. The maximum absolute atomic E-state index is 13.1. The van der Waals surface area contributed by atoms with E-state index >= 15 is 0 Å². The van der Waals surface area contributed by atoms with Gasteiger partial charge in [0.05, 0.1) is 42.8 Å². The SMILES string of the molecule is CCCCOC(=O)c1c2ccc(C#Cc3nc4cccccc-4c3C(=O)OC)ccc-2c(C(=O)OCCCC)c1N. The summed E-state index contributed by atoms with van der Waals surface area (Å²) in [6.07, 6.45) is 3.14. The Kier molecular flexibility index (Phi) is 9.54. The quantitative estimate of drug-likeness (QED) is 0.117. The number of hydrogen-bond acceptors (Lipinski definition) is 8. The Hall–Kier alpha value is -4.90. The van der Waals surface area contributed by atoms with Crippen molar-refractivity contribution in [2.75, 3.05) is 26.1 Å². The van der Waals surface area contributed by atoms with Crippen LogP contribution in [-0.2, 0) is 14.2 Å². The van der Waals surface area contributed by atoms with E-state index in [1.807, 2.05) is 32.0 Å². The second-order valence-electron chi connectivity index (χ2n) is 9.38. The van der Waals surface area contributed by atoms with E-state index < -0.39 is 17.9 Å². The molecule has 8 nitrogen and oxygen atoms in total. The van der Waals surface area contributed by atoms with Crippen LogP contribution >= 0.6 is 0 Å². The zero-order chi connectivity index (χ0) is 29.4. The highest BCUT2D eigenvalue weighted by molar-refractivity contribution is 6.15. The summed E-state index contributed by atoms with van der Waals surface area (Å²) < 4.78 is 15.9. The van der Waals surface area contributed by atoms with Crippen LogP contribution in [0.3, 0.4) is 0 Å². The highest BCUT2D eigenvalue weighted by atomic mass is 16.5. The van der Waals surface area contributed by atoms with Crippen molar-refractivity contribution < 1.29 is 28.6 Å². The summed E-state index contributed by atoms with van der Waals surface area (Å²) in [6.45, 7) is 4.48. The van der Waals surface area contributed by atoms with Crippen molar-refractivity contribution in [3.8, 4) is 34.2 Å². The maximum atomic E-state index is 13.1. The monoisotopic (exact) mass is 552 g/mol. The number of methoxy groups -OCH3 is 1. The highest BCUT2D eigenvalue weighted by Gasteiger charge is 2.31. The van der Waals surface area contributed by atoms with Gasteiger partial charge in [-0.2, -0.15) is 0 Å². The molecule has 4 rings (SSSR count). The van der Waals surface area contributed by atoms with Crippen molar-refractivity contribution >= 4 is 23.6 Å². The standard InChI is InChI=1S/C33H32N2O6/c1-4-6-19-40-32(37)28-22-16-13-21(14-17-23(22)29(30(28)34)33(38)41-20-7-5-2)15-18-26-27(31(36)39-3)24-11-9-8-10-12-25(24)35-26/h8-14,16-17H,4-7,19-20,34H2,1-3H3. The van der Waals surface area contributed by atoms with Crippen molar-refractivity contribution in [3.63, 3.8) is 0 Å². The van der Waals surface area contributed by atoms with Gasteiger partial charge in [-0.05, 0) is 48.1 Å². The molecule has 2 N–H and O–H groups in total. The smallest absolute Gasteiger partial charge is 0.341 e. The maximum Gasteiger partial charge on any atom is 0.341 e. The summed E-state index contributed by atoms with van der Waals surface area (Å²) in [5.41, 5.74) is 9.94. The van der Waals surface area contributed by atoms with Gasteiger partial charge in [0.2, 0.25) is 0 Å². The van der Waals surface area contributed by atoms with Gasteiger partial charge in [-0.1, -0.05) is 69.0 Å². The predicted octanol–water partition coefficient (Wildman–Crippen LogP) is 5.97. The third-order valence-corrected chi connectivity index (χ3v) is 6.57. The molecule has 8 heteroatoms. The number of unbranched alkanes of at least 4 members (excludes halogenated alkanes) is 2. The Bertz CT molecular complexity index is 1520. The lowest BCUT2D eigenvalue weighted by Crippen LogP contribution is -2.11. The minimum atomic E-state index is -0.601. The third kappa shape index (κ3) is 6.30. The number of anilines is 1. The second kappa shape index (κ2) is 13.4. The topological polar surface area (TPSA) is 118 Å². The zero-order valence-corrected chi connectivity index (χ0v) is 23.4. The summed E-state index contributed by atoms with van der Waals surface area (Å²) in [7, 11) is 1.31. The van der Waals surface area contributed by atoms with Crippen molar-refractivity contribution in [2.45, 2.75) is 39.5 Å². The van der Waals surface area contributed by atoms with Crippen LogP contribution < -0.4 is 5.73 Å². The van der Waals surface area contributed by atoms with Crippen LogP contribution in [-0.4, -0.2) is 43.2 Å². The molecule has 0 aromatic heterocycles. The number of carbonyl (C=O) groups excluding carboxylic acids is 3. The Balaban J connectivity index is 1.80. The number of fused-ring (bicyclic) bond motifs is 2. The van der Waals surface area contributed by atoms with E-state index in [4.69, 9.17) is 19.9 Å². The zero-order valence-electron chi connectivity index (χ0n) is 23.4. The molecule has 0 bridgehead atoms. The number of esters is 3. The number of nitrogen functional groups attached to an aromatic ring is 1. The van der Waals surface area contributed by atoms with Crippen LogP contribution in [0.2, 0.25) is 0 Å². The number of ether oxygens (including phenoxy) is 3. The molecular formula is C33H32N2O6. The first kappa shape index (κ1) is 29.1. The predicted molar refractivity (Wildman–Crippen MR) is 156 cm³/mol. The number of aromatic nitrogens is 1. The number of carbonyl (C=O) groups is 3. The van der Waals surface area contributed by atoms with E-state index in [2.05, 4.69) is 16.8 Å². The molecule has 0 spiro atoms. The van der Waals surface area contributed by atoms with Crippen LogP contribution in [0.25, 0.3) is 22.4 Å². The van der Waals surface area contributed by atoms with Gasteiger partial charge >= 0.3 is 17.9 Å². The molecule has 0 saturated carbocycles. The van der Waals surface area contributed by atoms with Gasteiger partial charge in [-0.3, -0.25) is 0 Å². The van der Waals surface area contributed by atoms with Crippen molar-refractivity contribution in [3.05, 3.63) is 82.5 Å². The van der Waals surface area contributed by atoms with Gasteiger partial charge in [-0.15, -0.1) is 0 Å². The lowest BCUT2D eigenvalue weighted by molar-refractivity contribution is 0.0499. The second-order valence-corrected chi connectivity index (χ2v) is 9.38. The van der Waals surface area contributed by atoms with Gasteiger partial charge < -0.3 is 19.9 Å². The Morgan fingerprint density at radius 3 is 1.88 bits per heavy atom. The van der Waals surface area contributed by atoms with Crippen LogP contribution in [0.5, 0.6) is 0 Å². The number of nitrogens with zero attached hydrogens (tertiary/aromatic N) is 1. The van der Waals surface area contributed by atoms with Crippen LogP contribution in [0.4, 0.5) is 5.69 Å². The van der Waals surface area contributed by atoms with Crippen LogP contribution in [0, 0.1) is 11.8 Å². The van der Waals surface area contributed by atoms with E-state index in [1.165, 1.54) is 7.11 Å². The molecule has 1 aliphatic heterocycles. The molecule has 0 amide bonds. The molecule has 3 aliphatic carbocycles. The molecule has 0 radical (unpaired) electrons. The molecule has 0 saturated heterocycles. The van der Waals surface area contributed by atoms with Gasteiger partial charge in [0.15, 0.2) is 0 Å². The van der Waals surface area contributed by atoms with Crippen molar-refractivity contribution in [2.24, 2.45) is 0 Å². The Labute approximate surface area is 239 Å². The molecule has 0 aromatic rings. The normalized spacial score (nSPS) is 10.6. The molecule has 41 heavy (non-hydrogen) atoms. The average Bonchev–Trinajstić information content (AvgIpc) is 3.22. The van der Waals surface area contributed by atoms with Gasteiger partial charge in [0, 0.05) is 11.1 Å². The van der Waals surface area contributed by atoms with E-state index in [0.717, 1.165) is 12.8 Å². The highest BCUT2D eigenvalue weighted by Crippen LogP contribution is 2.39. The molecule has 210 valence electrons. The number of nitrogens with two attached hydrogens (primary N) is 1. The van der Waals surface area contributed by atoms with Crippen LogP contribution in [0.15, 0.2) is 54.6 Å². The molecular weight excluding hydrogens is 520 g/mol. The van der Waals surface area contributed by atoms with Gasteiger partial charge in [-0.25, -0.2) is 19.4 Å². The van der Waals surface area contributed by atoms with Gasteiger partial charge in [0.25, 0.3) is 0 Å². The van der Waals surface area contributed by atoms with Gasteiger partial charge in [0.1, 0.15) is 11.3 Å². The van der Waals surface area contributed by atoms with Crippen molar-refractivity contribution in [1.29, 1.82) is 0 Å². The fraction of sp³-hybridized carbons (Fsp3) is 0.273. The fourth-order valence-corrected chi connectivity index (χ4v) is 4.40. The Morgan fingerprint density at radius 2 is 1.32 bits per heavy atom. The van der Waals surface area contributed by atoms with Crippen molar-refractivity contribution in [1.82, 2.24) is 4.98 Å². The average molecular weight is 553 g/mol. The summed E-state index contributed by atoms with van der Waals surface area (Å²) in [5.74, 6) is 4.30. The summed E-state index contributed by atoms with van der Waals surface area (Å²) >= 11 is 0. The molecule has 1 heterocycles. The lowest BCUT2D eigenvalue weighted by atomic mass is 10.1. The minimum absolute atomic E-state index is 0.0328.